The molecule has 8 heteroatoms. The molecule has 0 aromatic rings. The zero-order valence-electron chi connectivity index (χ0n) is 18.4. The molecule has 1 heterocycles. The Labute approximate surface area is 179 Å². The van der Waals surface area contributed by atoms with E-state index in [-0.39, 0.29) is 28.9 Å². The van der Waals surface area contributed by atoms with Gasteiger partial charge in [-0.05, 0) is 64.9 Å². The zero-order chi connectivity index (χ0) is 21.1. The fourth-order valence-corrected chi connectivity index (χ4v) is 6.14. The highest BCUT2D eigenvalue weighted by atomic mass is 127. The SMILES string of the molecule is CC(C)(C)[Si](C)(C)O[C@H]1C=C(I)[C@@]2(COC(=O)O2)[C@@H]1O[Si](C)(C)C(C)(C)C. The van der Waals surface area contributed by atoms with E-state index >= 15 is 0 Å². The topological polar surface area (TPSA) is 54.0 Å². The maximum atomic E-state index is 11.9. The number of rotatable bonds is 4. The maximum Gasteiger partial charge on any atom is 0.509 e. The number of carbonyl (C=O) groups excluding carboxylic acids is 1. The van der Waals surface area contributed by atoms with Gasteiger partial charge in [0, 0.05) is 3.58 Å². The van der Waals surface area contributed by atoms with E-state index < -0.39 is 28.4 Å². The van der Waals surface area contributed by atoms with E-state index in [1.165, 1.54) is 0 Å². The van der Waals surface area contributed by atoms with Crippen LogP contribution >= 0.6 is 22.6 Å². The van der Waals surface area contributed by atoms with Crippen LogP contribution in [0.1, 0.15) is 41.5 Å². The van der Waals surface area contributed by atoms with Crippen molar-refractivity contribution in [1.29, 1.82) is 0 Å². The van der Waals surface area contributed by atoms with E-state index in [0.717, 1.165) is 3.58 Å². The molecular weight excluding hydrogens is 491 g/mol. The van der Waals surface area contributed by atoms with Gasteiger partial charge in [0.05, 0.1) is 6.10 Å². The molecule has 1 aliphatic heterocycles. The standard InChI is InChI=1S/C19H35IO5Si2/c1-17(2,3)26(7,8)24-13-11-14(20)19(12-22-16(21)23-19)15(13)25-27(9,10)18(4,5)6/h11,13,15H,12H2,1-10H3/t13-,15+,19-/m0/s1. The van der Waals surface area contributed by atoms with Crippen molar-refractivity contribution in [2.45, 2.75) is 95.6 Å². The van der Waals surface area contributed by atoms with Crippen LogP contribution in [-0.4, -0.2) is 47.2 Å². The second-order valence-electron chi connectivity index (χ2n) is 10.7. The summed E-state index contributed by atoms with van der Waals surface area (Å²) in [5.74, 6) is 0. The molecule has 1 aliphatic carbocycles. The van der Waals surface area contributed by atoms with E-state index in [4.69, 9.17) is 18.3 Å². The molecule has 2 rings (SSSR count). The summed E-state index contributed by atoms with van der Waals surface area (Å²) in [6.07, 6.45) is 0.808. The van der Waals surface area contributed by atoms with Gasteiger partial charge in [-0.15, -0.1) is 0 Å². The lowest BCUT2D eigenvalue weighted by molar-refractivity contribution is -0.0450. The Morgan fingerprint density at radius 1 is 1.04 bits per heavy atom. The average Bonchev–Trinajstić information content (AvgIpc) is 2.93. The third-order valence-electron chi connectivity index (χ3n) is 6.61. The van der Waals surface area contributed by atoms with E-state index in [9.17, 15) is 4.79 Å². The van der Waals surface area contributed by atoms with Crippen LogP contribution in [0, 0.1) is 0 Å². The number of hydrogen-bond acceptors (Lipinski definition) is 5. The molecular formula is C19H35IO5Si2. The van der Waals surface area contributed by atoms with Crippen molar-refractivity contribution in [2.75, 3.05) is 6.61 Å². The first kappa shape index (κ1) is 23.4. The van der Waals surface area contributed by atoms with Crippen LogP contribution in [0.3, 0.4) is 0 Å². The van der Waals surface area contributed by atoms with Crippen molar-refractivity contribution in [1.82, 2.24) is 0 Å². The summed E-state index contributed by atoms with van der Waals surface area (Å²) >= 11 is 2.25. The van der Waals surface area contributed by atoms with Gasteiger partial charge in [-0.2, -0.15) is 0 Å². The number of ether oxygens (including phenoxy) is 2. The Morgan fingerprint density at radius 3 is 1.93 bits per heavy atom. The molecule has 0 aromatic carbocycles. The smallest absolute Gasteiger partial charge is 0.429 e. The van der Waals surface area contributed by atoms with Crippen molar-refractivity contribution in [2.24, 2.45) is 0 Å². The quantitative estimate of drug-likeness (QED) is 0.255. The molecule has 0 bridgehead atoms. The molecule has 27 heavy (non-hydrogen) atoms. The van der Waals surface area contributed by atoms with E-state index in [0.29, 0.717) is 0 Å². The van der Waals surface area contributed by atoms with Gasteiger partial charge in [-0.25, -0.2) is 4.79 Å². The molecule has 156 valence electrons. The zero-order valence-corrected chi connectivity index (χ0v) is 22.5. The molecule has 2 aliphatic rings. The second-order valence-corrected chi connectivity index (χ2v) is 21.4. The van der Waals surface area contributed by atoms with Gasteiger partial charge in [0.1, 0.15) is 12.7 Å². The predicted octanol–water partition coefficient (Wildman–Crippen LogP) is 6.01. The lowest BCUT2D eigenvalue weighted by Gasteiger charge is -2.45. The van der Waals surface area contributed by atoms with Gasteiger partial charge in [-0.1, -0.05) is 41.5 Å². The Morgan fingerprint density at radius 2 is 1.52 bits per heavy atom. The van der Waals surface area contributed by atoms with Crippen LogP contribution in [0.4, 0.5) is 4.79 Å². The average molecular weight is 527 g/mol. The van der Waals surface area contributed by atoms with Gasteiger partial charge in [0.15, 0.2) is 16.6 Å². The molecule has 0 unspecified atom stereocenters. The van der Waals surface area contributed by atoms with Crippen LogP contribution in [-0.2, 0) is 18.3 Å². The summed E-state index contributed by atoms with van der Waals surface area (Å²) < 4.78 is 25.4. The first-order chi connectivity index (χ1) is 11.9. The second kappa shape index (κ2) is 7.10. The van der Waals surface area contributed by atoms with Crippen molar-refractivity contribution in [3.05, 3.63) is 9.66 Å². The van der Waals surface area contributed by atoms with E-state index in [1.807, 2.05) is 0 Å². The molecule has 0 N–H and O–H groups in total. The number of halogens is 1. The fourth-order valence-electron chi connectivity index (χ4n) is 2.67. The van der Waals surface area contributed by atoms with Crippen LogP contribution < -0.4 is 0 Å². The molecule has 1 fully saturated rings. The normalized spacial score (nSPS) is 29.7. The Balaban J connectivity index is 2.42. The number of carbonyl (C=O) groups is 1. The van der Waals surface area contributed by atoms with Crippen molar-refractivity contribution in [3.63, 3.8) is 0 Å². The van der Waals surface area contributed by atoms with Crippen molar-refractivity contribution < 1.29 is 23.1 Å². The Hall–Kier alpha value is 0.0938. The maximum absolute atomic E-state index is 11.9. The minimum Gasteiger partial charge on any atom is -0.429 e. The minimum absolute atomic E-state index is 0.0349. The summed E-state index contributed by atoms with van der Waals surface area (Å²) in [7, 11) is -4.17. The minimum atomic E-state index is -2.13. The lowest BCUT2D eigenvalue weighted by atomic mass is 10.0. The molecule has 1 saturated heterocycles. The molecule has 0 saturated carbocycles. The van der Waals surface area contributed by atoms with Crippen LogP contribution in [0.25, 0.3) is 0 Å². The van der Waals surface area contributed by atoms with E-state index in [2.05, 4.69) is 96.4 Å². The summed E-state index contributed by atoms with van der Waals surface area (Å²) in [6.45, 7) is 22.4. The Bertz CT molecular complexity index is 633. The van der Waals surface area contributed by atoms with Gasteiger partial charge in [-0.3, -0.25) is 0 Å². The predicted molar refractivity (Wildman–Crippen MR) is 121 cm³/mol. The monoisotopic (exact) mass is 526 g/mol. The molecule has 3 atom stereocenters. The van der Waals surface area contributed by atoms with Gasteiger partial charge >= 0.3 is 6.16 Å². The molecule has 0 radical (unpaired) electrons. The van der Waals surface area contributed by atoms with Crippen LogP contribution in [0.15, 0.2) is 9.66 Å². The van der Waals surface area contributed by atoms with Crippen molar-refractivity contribution >= 4 is 45.4 Å². The van der Waals surface area contributed by atoms with Crippen molar-refractivity contribution in [3.8, 4) is 0 Å². The molecule has 0 amide bonds. The Kier molecular flexibility index (Phi) is 6.15. The number of cyclic esters (lactones) is 1. The van der Waals surface area contributed by atoms with Crippen LogP contribution in [0.5, 0.6) is 0 Å². The third kappa shape index (κ3) is 4.34. The summed E-state index contributed by atoms with van der Waals surface area (Å²) in [5.41, 5.74) is -0.889. The summed E-state index contributed by atoms with van der Waals surface area (Å²) in [4.78, 5) is 11.9. The fraction of sp³-hybridized carbons (Fsp3) is 0.842. The molecule has 0 aromatic heterocycles. The van der Waals surface area contributed by atoms with Crippen LogP contribution in [0.2, 0.25) is 36.3 Å². The highest BCUT2D eigenvalue weighted by molar-refractivity contribution is 14.1. The van der Waals surface area contributed by atoms with E-state index in [1.54, 1.807) is 0 Å². The first-order valence-electron chi connectivity index (χ1n) is 9.52. The number of hydrogen-bond donors (Lipinski definition) is 0. The summed E-state index contributed by atoms with van der Waals surface area (Å²) in [6, 6.07) is 0. The van der Waals surface area contributed by atoms with Gasteiger partial charge < -0.3 is 18.3 Å². The van der Waals surface area contributed by atoms with Gasteiger partial charge in [0.25, 0.3) is 0 Å². The largest absolute Gasteiger partial charge is 0.509 e. The lowest BCUT2D eigenvalue weighted by Crippen LogP contribution is -2.57. The highest BCUT2D eigenvalue weighted by Crippen LogP contribution is 2.49. The van der Waals surface area contributed by atoms with Gasteiger partial charge in [0.2, 0.25) is 5.60 Å². The first-order valence-corrected chi connectivity index (χ1v) is 16.4. The molecule has 1 spiro atoms. The summed E-state index contributed by atoms with van der Waals surface area (Å²) in [5, 5.41) is 0.111. The third-order valence-corrected chi connectivity index (χ3v) is 16.8. The highest BCUT2D eigenvalue weighted by Gasteiger charge is 2.61. The molecule has 5 nitrogen and oxygen atoms in total.